The molecule has 2 aromatic rings. The van der Waals surface area contributed by atoms with E-state index in [1.165, 1.54) is 4.88 Å². The van der Waals surface area contributed by atoms with Crippen LogP contribution in [0, 0.1) is 0 Å². The van der Waals surface area contributed by atoms with Crippen molar-refractivity contribution in [2.75, 3.05) is 38.2 Å². The molecule has 1 aromatic carbocycles. The zero-order valence-electron chi connectivity index (χ0n) is 15.5. The summed E-state index contributed by atoms with van der Waals surface area (Å²) in [5.41, 5.74) is 0.532. The van der Waals surface area contributed by atoms with Crippen LogP contribution in [0.1, 0.15) is 17.7 Å². The smallest absolute Gasteiger partial charge is 0.238 e. The Hall–Kier alpha value is -1.80. The third kappa shape index (κ3) is 4.97. The molecule has 1 fully saturated rings. The van der Waals surface area contributed by atoms with Crippen LogP contribution in [0.15, 0.2) is 29.6 Å². The lowest BCUT2D eigenvalue weighted by Crippen LogP contribution is -2.37. The standard InChI is InChI=1S/C20H23ClN2O4S/c21-16-9-18-19(27-7-6-26-18)10-17(16)22-20(24)13-23(11-14-3-1-5-25-14)12-15-4-2-8-28-15/h2,4,8-10,14H,1,3,5-7,11-13H2,(H,22,24)/t14-/m0/s1. The summed E-state index contributed by atoms with van der Waals surface area (Å²) >= 11 is 8.00. The van der Waals surface area contributed by atoms with Gasteiger partial charge in [0.1, 0.15) is 13.2 Å². The van der Waals surface area contributed by atoms with Gasteiger partial charge < -0.3 is 19.5 Å². The Kier molecular flexibility index (Phi) is 6.36. The normalized spacial score (nSPS) is 18.4. The van der Waals surface area contributed by atoms with Crippen molar-refractivity contribution in [3.63, 3.8) is 0 Å². The van der Waals surface area contributed by atoms with Crippen LogP contribution in [0.4, 0.5) is 5.69 Å². The second kappa shape index (κ2) is 9.13. The van der Waals surface area contributed by atoms with E-state index >= 15 is 0 Å². The lowest BCUT2D eigenvalue weighted by atomic mass is 10.2. The van der Waals surface area contributed by atoms with Gasteiger partial charge in [-0.05, 0) is 24.3 Å². The Bertz CT molecular complexity index is 809. The third-order valence-corrected chi connectivity index (χ3v) is 5.89. The first kappa shape index (κ1) is 19.5. The number of amides is 1. The molecule has 0 spiro atoms. The predicted octanol–water partition coefficient (Wildman–Crippen LogP) is 3.79. The highest BCUT2D eigenvalue weighted by atomic mass is 35.5. The molecule has 0 bridgehead atoms. The zero-order chi connectivity index (χ0) is 19.3. The summed E-state index contributed by atoms with van der Waals surface area (Å²) in [5.74, 6) is 1.08. The first-order valence-electron chi connectivity index (χ1n) is 9.43. The fraction of sp³-hybridized carbons (Fsp3) is 0.450. The molecule has 1 saturated heterocycles. The number of rotatable bonds is 7. The molecule has 150 valence electrons. The highest BCUT2D eigenvalue weighted by Crippen LogP contribution is 2.37. The second-order valence-corrected chi connectivity index (χ2v) is 8.35. The lowest BCUT2D eigenvalue weighted by Gasteiger charge is -2.24. The van der Waals surface area contributed by atoms with Gasteiger partial charge in [0.15, 0.2) is 11.5 Å². The quantitative estimate of drug-likeness (QED) is 0.735. The summed E-state index contributed by atoms with van der Waals surface area (Å²) < 4.78 is 16.9. The van der Waals surface area contributed by atoms with Crippen molar-refractivity contribution in [1.29, 1.82) is 0 Å². The number of nitrogens with one attached hydrogen (secondary N) is 1. The van der Waals surface area contributed by atoms with E-state index in [1.54, 1.807) is 23.5 Å². The fourth-order valence-electron chi connectivity index (χ4n) is 3.44. The van der Waals surface area contributed by atoms with Crippen molar-refractivity contribution in [1.82, 2.24) is 4.90 Å². The van der Waals surface area contributed by atoms with E-state index < -0.39 is 0 Å². The first-order valence-corrected chi connectivity index (χ1v) is 10.7. The van der Waals surface area contributed by atoms with Crippen LogP contribution in [0.25, 0.3) is 0 Å². The SMILES string of the molecule is O=C(CN(Cc1cccs1)C[C@@H]1CCCO1)Nc1cc2c(cc1Cl)OCCO2. The molecular weight excluding hydrogens is 400 g/mol. The summed E-state index contributed by atoms with van der Waals surface area (Å²) in [6, 6.07) is 7.52. The van der Waals surface area contributed by atoms with Gasteiger partial charge in [-0.25, -0.2) is 0 Å². The number of anilines is 1. The summed E-state index contributed by atoms with van der Waals surface area (Å²) in [7, 11) is 0. The van der Waals surface area contributed by atoms with Crippen LogP contribution in [0.5, 0.6) is 11.5 Å². The Morgan fingerprint density at radius 1 is 1.25 bits per heavy atom. The van der Waals surface area contributed by atoms with Crippen molar-refractivity contribution in [3.8, 4) is 11.5 Å². The van der Waals surface area contributed by atoms with Crippen molar-refractivity contribution in [3.05, 3.63) is 39.5 Å². The number of hydrogen-bond acceptors (Lipinski definition) is 6. The van der Waals surface area contributed by atoms with E-state index in [9.17, 15) is 4.79 Å². The van der Waals surface area contributed by atoms with E-state index in [1.807, 2.05) is 6.07 Å². The maximum atomic E-state index is 12.7. The maximum Gasteiger partial charge on any atom is 0.238 e. The van der Waals surface area contributed by atoms with E-state index in [4.69, 9.17) is 25.8 Å². The predicted molar refractivity (Wildman–Crippen MR) is 110 cm³/mol. The number of thiophene rings is 1. The van der Waals surface area contributed by atoms with Crippen LogP contribution in [0.2, 0.25) is 5.02 Å². The van der Waals surface area contributed by atoms with Crippen LogP contribution >= 0.6 is 22.9 Å². The minimum absolute atomic E-state index is 0.117. The molecule has 1 amide bonds. The van der Waals surface area contributed by atoms with E-state index in [0.717, 1.165) is 32.5 Å². The monoisotopic (exact) mass is 422 g/mol. The number of ether oxygens (including phenoxy) is 3. The summed E-state index contributed by atoms with van der Waals surface area (Å²) in [6.07, 6.45) is 2.30. The lowest BCUT2D eigenvalue weighted by molar-refractivity contribution is -0.117. The highest BCUT2D eigenvalue weighted by Gasteiger charge is 2.22. The number of nitrogens with zero attached hydrogens (tertiary/aromatic N) is 1. The van der Waals surface area contributed by atoms with Crippen LogP contribution in [0.3, 0.4) is 0 Å². The van der Waals surface area contributed by atoms with Gasteiger partial charge in [0, 0.05) is 36.7 Å². The largest absolute Gasteiger partial charge is 0.486 e. The van der Waals surface area contributed by atoms with E-state index in [-0.39, 0.29) is 18.6 Å². The van der Waals surface area contributed by atoms with Crippen molar-refractivity contribution < 1.29 is 19.0 Å². The summed E-state index contributed by atoms with van der Waals surface area (Å²) in [5, 5.41) is 5.39. The fourth-order valence-corrected chi connectivity index (χ4v) is 4.38. The molecule has 6 nitrogen and oxygen atoms in total. The number of carbonyl (C=O) groups excluding carboxylic acids is 1. The number of halogens is 1. The molecule has 4 rings (SSSR count). The number of hydrogen-bond donors (Lipinski definition) is 1. The van der Waals surface area contributed by atoms with Gasteiger partial charge in [-0.2, -0.15) is 0 Å². The summed E-state index contributed by atoms with van der Waals surface area (Å²) in [6.45, 7) is 3.51. The molecule has 1 aromatic heterocycles. The average molecular weight is 423 g/mol. The number of fused-ring (bicyclic) bond motifs is 1. The number of benzene rings is 1. The molecule has 0 unspecified atom stereocenters. The molecule has 28 heavy (non-hydrogen) atoms. The Balaban J connectivity index is 1.41. The van der Waals surface area contributed by atoms with Crippen molar-refractivity contribution in [2.24, 2.45) is 0 Å². The highest BCUT2D eigenvalue weighted by molar-refractivity contribution is 7.09. The van der Waals surface area contributed by atoms with Crippen LogP contribution in [-0.2, 0) is 16.1 Å². The van der Waals surface area contributed by atoms with E-state index in [0.29, 0.717) is 35.4 Å². The minimum Gasteiger partial charge on any atom is -0.486 e. The Labute approximate surface area is 173 Å². The number of carbonyl (C=O) groups is 1. The topological polar surface area (TPSA) is 60.0 Å². The van der Waals surface area contributed by atoms with Crippen molar-refractivity contribution >= 4 is 34.5 Å². The molecule has 0 saturated carbocycles. The second-order valence-electron chi connectivity index (χ2n) is 6.91. The van der Waals surface area contributed by atoms with Crippen LogP contribution < -0.4 is 14.8 Å². The minimum atomic E-state index is -0.117. The molecule has 2 aliphatic rings. The van der Waals surface area contributed by atoms with Gasteiger partial charge in [-0.15, -0.1) is 11.3 Å². The summed E-state index contributed by atoms with van der Waals surface area (Å²) in [4.78, 5) is 16.1. The molecule has 0 radical (unpaired) electrons. The Morgan fingerprint density at radius 3 is 2.79 bits per heavy atom. The average Bonchev–Trinajstić information content (AvgIpc) is 3.36. The third-order valence-electron chi connectivity index (χ3n) is 4.72. The van der Waals surface area contributed by atoms with Gasteiger partial charge in [0.2, 0.25) is 5.91 Å². The van der Waals surface area contributed by atoms with Gasteiger partial charge >= 0.3 is 0 Å². The maximum absolute atomic E-state index is 12.7. The molecular formula is C20H23ClN2O4S. The van der Waals surface area contributed by atoms with Crippen LogP contribution in [-0.4, -0.2) is 49.8 Å². The van der Waals surface area contributed by atoms with E-state index in [2.05, 4.69) is 21.7 Å². The molecule has 3 heterocycles. The van der Waals surface area contributed by atoms with Gasteiger partial charge in [0.05, 0.1) is 23.4 Å². The van der Waals surface area contributed by atoms with Gasteiger partial charge in [0.25, 0.3) is 0 Å². The molecule has 2 aliphatic heterocycles. The molecule has 1 N–H and O–H groups in total. The molecule has 8 heteroatoms. The molecule has 1 atom stereocenters. The van der Waals surface area contributed by atoms with Gasteiger partial charge in [-0.3, -0.25) is 9.69 Å². The zero-order valence-corrected chi connectivity index (χ0v) is 17.1. The molecule has 0 aliphatic carbocycles. The van der Waals surface area contributed by atoms with Gasteiger partial charge in [-0.1, -0.05) is 17.7 Å². The van der Waals surface area contributed by atoms with Crippen molar-refractivity contribution in [2.45, 2.75) is 25.5 Å². The Morgan fingerprint density at radius 2 is 2.07 bits per heavy atom. The first-order chi connectivity index (χ1) is 13.7.